The number of carbonyl (C=O) groups excluding carboxylic acids is 1. The molecule has 0 radical (unpaired) electrons. The zero-order chi connectivity index (χ0) is 18.8. The Bertz CT molecular complexity index is 1080. The summed E-state index contributed by atoms with van der Waals surface area (Å²) in [5.74, 6) is -0.505. The van der Waals surface area contributed by atoms with Gasteiger partial charge in [0.1, 0.15) is 11.6 Å². The van der Waals surface area contributed by atoms with E-state index in [4.69, 9.17) is 0 Å². The minimum Gasteiger partial charge on any atom is -0.289 e. The summed E-state index contributed by atoms with van der Waals surface area (Å²) in [6.07, 6.45) is 5.97. The number of aromatic nitrogens is 4. The smallest absolute Gasteiger partial charge is 0.268 e. The van der Waals surface area contributed by atoms with Gasteiger partial charge in [-0.3, -0.25) is 19.4 Å². The SMILES string of the molecule is Cn1cc(-c2cccc3cn(C(Cc4ccccc4)C(=O)NO)nc23)cn1. The maximum Gasteiger partial charge on any atom is 0.268 e. The molecule has 0 fully saturated rings. The van der Waals surface area contributed by atoms with Gasteiger partial charge in [0.2, 0.25) is 0 Å². The zero-order valence-corrected chi connectivity index (χ0v) is 14.8. The lowest BCUT2D eigenvalue weighted by Gasteiger charge is -2.15. The van der Waals surface area contributed by atoms with Gasteiger partial charge < -0.3 is 0 Å². The van der Waals surface area contributed by atoms with E-state index >= 15 is 0 Å². The lowest BCUT2D eigenvalue weighted by molar-refractivity contribution is -0.132. The predicted octanol–water partition coefficient (Wildman–Crippen LogP) is 2.73. The van der Waals surface area contributed by atoms with Gasteiger partial charge in [0.25, 0.3) is 5.91 Å². The molecular formula is C20H19N5O2. The largest absolute Gasteiger partial charge is 0.289 e. The van der Waals surface area contributed by atoms with Crippen LogP contribution < -0.4 is 5.48 Å². The van der Waals surface area contributed by atoms with Crippen molar-refractivity contribution >= 4 is 16.8 Å². The van der Waals surface area contributed by atoms with Crippen LogP contribution in [-0.4, -0.2) is 30.7 Å². The van der Waals surface area contributed by atoms with Crippen LogP contribution >= 0.6 is 0 Å². The summed E-state index contributed by atoms with van der Waals surface area (Å²) in [4.78, 5) is 12.3. The minimum absolute atomic E-state index is 0.420. The topological polar surface area (TPSA) is 85.0 Å². The Hall–Kier alpha value is -3.45. The molecule has 0 saturated heterocycles. The number of aryl methyl sites for hydroxylation is 1. The molecule has 0 bridgehead atoms. The highest BCUT2D eigenvalue weighted by Gasteiger charge is 2.23. The van der Waals surface area contributed by atoms with E-state index in [1.165, 1.54) is 0 Å². The van der Waals surface area contributed by atoms with Crippen molar-refractivity contribution in [3.63, 3.8) is 0 Å². The van der Waals surface area contributed by atoms with Crippen molar-refractivity contribution in [1.29, 1.82) is 0 Å². The highest BCUT2D eigenvalue weighted by molar-refractivity contribution is 5.93. The predicted molar refractivity (Wildman–Crippen MR) is 101 cm³/mol. The number of hydroxylamine groups is 1. The fourth-order valence-electron chi connectivity index (χ4n) is 3.24. The van der Waals surface area contributed by atoms with Crippen LogP contribution in [0.3, 0.4) is 0 Å². The first-order valence-electron chi connectivity index (χ1n) is 8.60. The van der Waals surface area contributed by atoms with E-state index < -0.39 is 11.9 Å². The van der Waals surface area contributed by atoms with Gasteiger partial charge in [0.05, 0.1) is 6.20 Å². The number of hydrogen-bond donors (Lipinski definition) is 2. The average Bonchev–Trinajstić information content (AvgIpc) is 3.32. The third-order valence-electron chi connectivity index (χ3n) is 4.57. The van der Waals surface area contributed by atoms with Crippen molar-refractivity contribution in [1.82, 2.24) is 25.0 Å². The number of hydrogen-bond acceptors (Lipinski definition) is 4. The third kappa shape index (κ3) is 3.32. The van der Waals surface area contributed by atoms with Crippen molar-refractivity contribution < 1.29 is 10.0 Å². The van der Waals surface area contributed by atoms with Gasteiger partial charge in [0.15, 0.2) is 0 Å². The number of nitrogens with zero attached hydrogens (tertiary/aromatic N) is 4. The number of fused-ring (bicyclic) bond motifs is 1. The molecule has 0 aliphatic carbocycles. The second-order valence-electron chi connectivity index (χ2n) is 6.44. The lowest BCUT2D eigenvalue weighted by Crippen LogP contribution is -2.32. The van der Waals surface area contributed by atoms with Crippen LogP contribution in [0.15, 0.2) is 67.1 Å². The highest BCUT2D eigenvalue weighted by atomic mass is 16.5. The van der Waals surface area contributed by atoms with Gasteiger partial charge in [-0.1, -0.05) is 48.5 Å². The van der Waals surface area contributed by atoms with E-state index in [0.717, 1.165) is 27.6 Å². The maximum absolute atomic E-state index is 12.3. The number of amides is 1. The Morgan fingerprint density at radius 3 is 2.67 bits per heavy atom. The first kappa shape index (κ1) is 17.0. The monoisotopic (exact) mass is 361 g/mol. The first-order valence-corrected chi connectivity index (χ1v) is 8.60. The van der Waals surface area contributed by atoms with Gasteiger partial charge in [-0.15, -0.1) is 0 Å². The summed E-state index contributed by atoms with van der Waals surface area (Å²) in [5, 5.41) is 19.0. The molecule has 4 rings (SSSR count). The van der Waals surface area contributed by atoms with Gasteiger partial charge in [-0.05, 0) is 5.56 Å². The number of benzene rings is 2. The zero-order valence-electron chi connectivity index (χ0n) is 14.8. The van der Waals surface area contributed by atoms with Crippen molar-refractivity contribution in [2.24, 2.45) is 7.05 Å². The molecule has 7 nitrogen and oxygen atoms in total. The summed E-state index contributed by atoms with van der Waals surface area (Å²) < 4.78 is 3.35. The summed E-state index contributed by atoms with van der Waals surface area (Å²) in [7, 11) is 1.86. The maximum atomic E-state index is 12.3. The Morgan fingerprint density at radius 1 is 1.15 bits per heavy atom. The molecule has 27 heavy (non-hydrogen) atoms. The molecule has 2 N–H and O–H groups in total. The Kier molecular flexibility index (Phi) is 4.43. The molecule has 136 valence electrons. The summed E-state index contributed by atoms with van der Waals surface area (Å²) in [5.41, 5.74) is 5.44. The van der Waals surface area contributed by atoms with Crippen LogP contribution in [0.1, 0.15) is 11.6 Å². The van der Waals surface area contributed by atoms with Crippen LogP contribution in [0.5, 0.6) is 0 Å². The van der Waals surface area contributed by atoms with E-state index in [1.54, 1.807) is 21.0 Å². The Labute approximate surface area is 155 Å². The normalized spacial score (nSPS) is 12.2. The fraction of sp³-hybridized carbons (Fsp3) is 0.150. The molecule has 4 aromatic rings. The molecule has 0 spiro atoms. The second-order valence-corrected chi connectivity index (χ2v) is 6.44. The lowest BCUT2D eigenvalue weighted by atomic mass is 10.1. The van der Waals surface area contributed by atoms with Crippen molar-refractivity contribution in [3.05, 3.63) is 72.7 Å². The molecular weight excluding hydrogens is 342 g/mol. The molecule has 0 aliphatic heterocycles. The summed E-state index contributed by atoms with van der Waals surface area (Å²) >= 11 is 0. The van der Waals surface area contributed by atoms with Crippen LogP contribution in [0.25, 0.3) is 22.0 Å². The average molecular weight is 361 g/mol. The van der Waals surface area contributed by atoms with Gasteiger partial charge >= 0.3 is 0 Å². The van der Waals surface area contributed by atoms with Crippen molar-refractivity contribution in [2.75, 3.05) is 0 Å². The second kappa shape index (κ2) is 7.05. The van der Waals surface area contributed by atoms with E-state index in [-0.39, 0.29) is 0 Å². The molecule has 2 heterocycles. The third-order valence-corrected chi connectivity index (χ3v) is 4.57. The van der Waals surface area contributed by atoms with Crippen LogP contribution in [0, 0.1) is 0 Å². The summed E-state index contributed by atoms with van der Waals surface area (Å²) in [6, 6.07) is 14.9. The van der Waals surface area contributed by atoms with Crippen LogP contribution in [0.2, 0.25) is 0 Å². The van der Waals surface area contributed by atoms with Crippen LogP contribution in [0.4, 0.5) is 0 Å². The molecule has 2 aromatic carbocycles. The molecule has 1 amide bonds. The molecule has 0 saturated carbocycles. The quantitative estimate of drug-likeness (QED) is 0.423. The molecule has 1 atom stereocenters. The van der Waals surface area contributed by atoms with Gasteiger partial charge in [-0.25, -0.2) is 5.48 Å². The van der Waals surface area contributed by atoms with E-state index in [1.807, 2.05) is 68.0 Å². The Morgan fingerprint density at radius 2 is 1.96 bits per heavy atom. The minimum atomic E-state index is -0.661. The van der Waals surface area contributed by atoms with Crippen LogP contribution in [-0.2, 0) is 18.3 Å². The molecule has 2 aromatic heterocycles. The van der Waals surface area contributed by atoms with E-state index in [0.29, 0.717) is 6.42 Å². The Balaban J connectivity index is 1.78. The number of carbonyl (C=O) groups is 1. The van der Waals surface area contributed by atoms with E-state index in [9.17, 15) is 10.0 Å². The fourth-order valence-corrected chi connectivity index (χ4v) is 3.24. The molecule has 1 unspecified atom stereocenters. The molecule has 0 aliphatic rings. The number of rotatable bonds is 5. The summed E-state index contributed by atoms with van der Waals surface area (Å²) in [6.45, 7) is 0. The number of nitrogens with one attached hydrogen (secondary N) is 1. The first-order chi connectivity index (χ1) is 13.2. The highest BCUT2D eigenvalue weighted by Crippen LogP contribution is 2.28. The standard InChI is InChI=1S/C20H19N5O2/c1-24-12-16(11-21-24)17-9-5-8-15-13-25(22-19(15)17)18(20(26)23-27)10-14-6-3-2-4-7-14/h2-9,11-13,18,27H,10H2,1H3,(H,23,26). The van der Waals surface area contributed by atoms with Crippen molar-refractivity contribution in [2.45, 2.75) is 12.5 Å². The van der Waals surface area contributed by atoms with Crippen molar-refractivity contribution in [3.8, 4) is 11.1 Å². The van der Waals surface area contributed by atoms with E-state index in [2.05, 4.69) is 10.2 Å². The molecule has 7 heteroatoms. The van der Waals surface area contributed by atoms with Gasteiger partial charge in [0, 0.05) is 42.4 Å². The van der Waals surface area contributed by atoms with Gasteiger partial charge in [-0.2, -0.15) is 10.2 Å².